The van der Waals surface area contributed by atoms with Gasteiger partial charge in [0.1, 0.15) is 0 Å². The lowest BCUT2D eigenvalue weighted by Gasteiger charge is -2.13. The van der Waals surface area contributed by atoms with Gasteiger partial charge in [-0.1, -0.05) is 36.4 Å². The molecule has 0 heterocycles. The molecule has 90 valence electrons. The Kier molecular flexibility index (Phi) is 2.67. The first-order valence-corrected chi connectivity index (χ1v) is 6.42. The lowest BCUT2D eigenvalue weighted by atomic mass is 10.0. The standard InChI is InChI=1S/C17H17N/c1-12(2)18-17-9-5-8-15-10-13-6-3-4-7-14(13)11-16(15)17/h3-12,18H,1-2H3. The van der Waals surface area contributed by atoms with Crippen molar-refractivity contribution >= 4 is 27.2 Å². The van der Waals surface area contributed by atoms with Crippen LogP contribution in [0.25, 0.3) is 21.5 Å². The molecule has 0 radical (unpaired) electrons. The minimum atomic E-state index is 0.446. The molecule has 1 heteroatoms. The van der Waals surface area contributed by atoms with Crippen molar-refractivity contribution in [1.82, 2.24) is 0 Å². The molecule has 1 N–H and O–H groups in total. The number of nitrogens with one attached hydrogen (secondary N) is 1. The summed E-state index contributed by atoms with van der Waals surface area (Å²) in [5, 5.41) is 8.69. The number of anilines is 1. The molecule has 0 fully saturated rings. The second-order valence-electron chi connectivity index (χ2n) is 5.03. The van der Waals surface area contributed by atoms with E-state index in [4.69, 9.17) is 0 Å². The normalized spacial score (nSPS) is 11.3. The van der Waals surface area contributed by atoms with Gasteiger partial charge in [0.05, 0.1) is 0 Å². The monoisotopic (exact) mass is 235 g/mol. The lowest BCUT2D eigenvalue weighted by Crippen LogP contribution is -2.09. The highest BCUT2D eigenvalue weighted by Crippen LogP contribution is 2.28. The van der Waals surface area contributed by atoms with E-state index in [1.165, 1.54) is 27.2 Å². The highest BCUT2D eigenvalue weighted by molar-refractivity contribution is 6.03. The highest BCUT2D eigenvalue weighted by atomic mass is 14.9. The first kappa shape index (κ1) is 11.1. The highest BCUT2D eigenvalue weighted by Gasteiger charge is 2.03. The van der Waals surface area contributed by atoms with Crippen molar-refractivity contribution in [2.45, 2.75) is 19.9 Å². The molecule has 0 saturated heterocycles. The van der Waals surface area contributed by atoms with Crippen molar-refractivity contribution in [1.29, 1.82) is 0 Å². The van der Waals surface area contributed by atoms with Gasteiger partial charge in [0.25, 0.3) is 0 Å². The summed E-state index contributed by atoms with van der Waals surface area (Å²) in [6, 6.07) is 19.9. The molecule has 0 unspecified atom stereocenters. The minimum absolute atomic E-state index is 0.446. The number of fused-ring (bicyclic) bond motifs is 2. The van der Waals surface area contributed by atoms with E-state index < -0.39 is 0 Å². The summed E-state index contributed by atoms with van der Waals surface area (Å²) in [6.45, 7) is 4.33. The Morgan fingerprint density at radius 3 is 2.17 bits per heavy atom. The Hall–Kier alpha value is -2.02. The Bertz CT molecular complexity index is 698. The van der Waals surface area contributed by atoms with E-state index in [0.29, 0.717) is 6.04 Å². The summed E-state index contributed by atoms with van der Waals surface area (Å²) in [7, 11) is 0. The molecule has 0 aromatic heterocycles. The SMILES string of the molecule is CC(C)Nc1cccc2cc3ccccc3cc12. The van der Waals surface area contributed by atoms with Gasteiger partial charge in [-0.2, -0.15) is 0 Å². The van der Waals surface area contributed by atoms with Crippen molar-refractivity contribution in [3.05, 3.63) is 54.6 Å². The minimum Gasteiger partial charge on any atom is -0.382 e. The second-order valence-corrected chi connectivity index (χ2v) is 5.03. The molecule has 0 aliphatic heterocycles. The van der Waals surface area contributed by atoms with Crippen LogP contribution in [0.2, 0.25) is 0 Å². The molecule has 18 heavy (non-hydrogen) atoms. The van der Waals surface area contributed by atoms with Crippen LogP contribution in [0.3, 0.4) is 0 Å². The van der Waals surface area contributed by atoms with Gasteiger partial charge < -0.3 is 5.32 Å². The maximum Gasteiger partial charge on any atom is 0.0422 e. The third-order valence-corrected chi connectivity index (χ3v) is 3.19. The quantitative estimate of drug-likeness (QED) is 0.628. The zero-order valence-electron chi connectivity index (χ0n) is 10.8. The predicted molar refractivity (Wildman–Crippen MR) is 80.2 cm³/mol. The van der Waals surface area contributed by atoms with E-state index in [2.05, 4.69) is 73.8 Å². The molecule has 0 atom stereocenters. The van der Waals surface area contributed by atoms with Gasteiger partial charge in [-0.15, -0.1) is 0 Å². The predicted octanol–water partition coefficient (Wildman–Crippen LogP) is 4.81. The Morgan fingerprint density at radius 1 is 0.778 bits per heavy atom. The molecule has 0 aliphatic rings. The average Bonchev–Trinajstić information content (AvgIpc) is 2.36. The largest absolute Gasteiger partial charge is 0.382 e. The van der Waals surface area contributed by atoms with Gasteiger partial charge >= 0.3 is 0 Å². The number of hydrogen-bond acceptors (Lipinski definition) is 1. The number of rotatable bonds is 2. The second kappa shape index (κ2) is 4.34. The summed E-state index contributed by atoms with van der Waals surface area (Å²) in [5.74, 6) is 0. The lowest BCUT2D eigenvalue weighted by molar-refractivity contribution is 0.902. The maximum atomic E-state index is 3.51. The van der Waals surface area contributed by atoms with Crippen molar-refractivity contribution < 1.29 is 0 Å². The summed E-state index contributed by atoms with van der Waals surface area (Å²) in [5.41, 5.74) is 1.22. The van der Waals surface area contributed by atoms with Gasteiger partial charge in [-0.25, -0.2) is 0 Å². The van der Waals surface area contributed by atoms with Crippen LogP contribution in [-0.2, 0) is 0 Å². The van der Waals surface area contributed by atoms with Crippen LogP contribution in [0.5, 0.6) is 0 Å². The Morgan fingerprint density at radius 2 is 1.44 bits per heavy atom. The smallest absolute Gasteiger partial charge is 0.0422 e. The van der Waals surface area contributed by atoms with Gasteiger partial charge in [-0.3, -0.25) is 0 Å². The molecule has 0 amide bonds. The van der Waals surface area contributed by atoms with Crippen molar-refractivity contribution in [3.63, 3.8) is 0 Å². The first-order chi connectivity index (χ1) is 8.74. The van der Waals surface area contributed by atoms with E-state index in [0.717, 1.165) is 0 Å². The number of benzene rings is 3. The topological polar surface area (TPSA) is 12.0 Å². The Balaban J connectivity index is 2.29. The average molecular weight is 235 g/mol. The maximum absolute atomic E-state index is 3.51. The van der Waals surface area contributed by atoms with Crippen LogP contribution in [0.15, 0.2) is 54.6 Å². The summed E-state index contributed by atoms with van der Waals surface area (Å²) < 4.78 is 0. The van der Waals surface area contributed by atoms with Gasteiger partial charge in [0, 0.05) is 17.1 Å². The van der Waals surface area contributed by atoms with Gasteiger partial charge in [0.15, 0.2) is 0 Å². The van der Waals surface area contributed by atoms with Gasteiger partial charge in [0.2, 0.25) is 0 Å². The molecule has 0 aliphatic carbocycles. The fourth-order valence-corrected chi connectivity index (χ4v) is 2.40. The van der Waals surface area contributed by atoms with Gasteiger partial charge in [-0.05, 0) is 48.2 Å². The molecule has 3 rings (SSSR count). The van der Waals surface area contributed by atoms with Crippen LogP contribution in [0, 0.1) is 0 Å². The molecule has 3 aromatic carbocycles. The van der Waals surface area contributed by atoms with E-state index in [1.54, 1.807) is 0 Å². The summed E-state index contributed by atoms with van der Waals surface area (Å²) in [6.07, 6.45) is 0. The number of hydrogen-bond donors (Lipinski definition) is 1. The molecule has 1 nitrogen and oxygen atoms in total. The van der Waals surface area contributed by atoms with Crippen molar-refractivity contribution in [2.75, 3.05) is 5.32 Å². The summed E-state index contributed by atoms with van der Waals surface area (Å²) in [4.78, 5) is 0. The molecule has 0 bridgehead atoms. The zero-order valence-corrected chi connectivity index (χ0v) is 10.8. The van der Waals surface area contributed by atoms with E-state index in [1.807, 2.05) is 0 Å². The zero-order chi connectivity index (χ0) is 12.5. The van der Waals surface area contributed by atoms with E-state index in [-0.39, 0.29) is 0 Å². The fourth-order valence-electron chi connectivity index (χ4n) is 2.40. The molecular weight excluding hydrogens is 218 g/mol. The van der Waals surface area contributed by atoms with Crippen LogP contribution in [-0.4, -0.2) is 6.04 Å². The Labute approximate surface area is 107 Å². The molecule has 3 aromatic rings. The van der Waals surface area contributed by atoms with E-state index >= 15 is 0 Å². The summed E-state index contributed by atoms with van der Waals surface area (Å²) >= 11 is 0. The third kappa shape index (κ3) is 1.92. The fraction of sp³-hybridized carbons (Fsp3) is 0.176. The van der Waals surface area contributed by atoms with Crippen LogP contribution < -0.4 is 5.32 Å². The van der Waals surface area contributed by atoms with Crippen LogP contribution in [0.1, 0.15) is 13.8 Å². The van der Waals surface area contributed by atoms with Crippen LogP contribution in [0.4, 0.5) is 5.69 Å². The van der Waals surface area contributed by atoms with Crippen molar-refractivity contribution in [3.8, 4) is 0 Å². The van der Waals surface area contributed by atoms with Crippen LogP contribution >= 0.6 is 0 Å². The first-order valence-electron chi connectivity index (χ1n) is 6.42. The third-order valence-electron chi connectivity index (χ3n) is 3.19. The molecule has 0 spiro atoms. The van der Waals surface area contributed by atoms with E-state index in [9.17, 15) is 0 Å². The van der Waals surface area contributed by atoms with Crippen molar-refractivity contribution in [2.24, 2.45) is 0 Å². The molecule has 0 saturated carbocycles. The molecular formula is C17H17N.